The second kappa shape index (κ2) is 7.45. The highest BCUT2D eigenvalue weighted by atomic mass is 19.1. The summed E-state index contributed by atoms with van der Waals surface area (Å²) in [6.45, 7) is 4.05. The lowest BCUT2D eigenvalue weighted by Crippen LogP contribution is -2.30. The lowest BCUT2D eigenvalue weighted by atomic mass is 10.2. The molecule has 0 saturated heterocycles. The van der Waals surface area contributed by atoms with Crippen LogP contribution >= 0.6 is 0 Å². The summed E-state index contributed by atoms with van der Waals surface area (Å²) in [6, 6.07) is 13.0. The van der Waals surface area contributed by atoms with E-state index in [0.717, 1.165) is 5.75 Å². The van der Waals surface area contributed by atoms with Gasteiger partial charge in [0.05, 0.1) is 6.61 Å². The Labute approximate surface area is 128 Å². The summed E-state index contributed by atoms with van der Waals surface area (Å²) in [5.41, 5.74) is 0.623. The summed E-state index contributed by atoms with van der Waals surface area (Å²) in [5, 5.41) is 2.71. The zero-order valence-corrected chi connectivity index (χ0v) is 12.5. The molecule has 0 bridgehead atoms. The molecule has 4 nitrogen and oxygen atoms in total. The number of ether oxygens (including phenoxy) is 2. The first kappa shape index (κ1) is 15.8. The van der Waals surface area contributed by atoms with E-state index in [1.165, 1.54) is 12.1 Å². The van der Waals surface area contributed by atoms with E-state index in [1.54, 1.807) is 43.3 Å². The predicted molar refractivity (Wildman–Crippen MR) is 82.7 cm³/mol. The number of para-hydroxylation sites is 1. The maximum Gasteiger partial charge on any atom is 0.265 e. The van der Waals surface area contributed by atoms with E-state index in [4.69, 9.17) is 9.47 Å². The molecule has 0 radical (unpaired) electrons. The van der Waals surface area contributed by atoms with Gasteiger partial charge in [-0.1, -0.05) is 12.1 Å². The molecule has 0 aliphatic carbocycles. The fourth-order valence-corrected chi connectivity index (χ4v) is 1.83. The third-order valence-corrected chi connectivity index (χ3v) is 2.94. The summed E-state index contributed by atoms with van der Waals surface area (Å²) in [4.78, 5) is 12.0. The van der Waals surface area contributed by atoms with E-state index < -0.39 is 11.9 Å². The molecule has 0 unspecified atom stereocenters. The maximum absolute atomic E-state index is 13.5. The Morgan fingerprint density at radius 3 is 2.50 bits per heavy atom. The fraction of sp³-hybridized carbons (Fsp3) is 0.235. The van der Waals surface area contributed by atoms with Crippen LogP contribution in [0.3, 0.4) is 0 Å². The van der Waals surface area contributed by atoms with Gasteiger partial charge in [-0.2, -0.15) is 0 Å². The number of hydrogen-bond acceptors (Lipinski definition) is 3. The molecule has 5 heteroatoms. The van der Waals surface area contributed by atoms with Gasteiger partial charge in [-0.3, -0.25) is 4.79 Å². The number of halogens is 1. The van der Waals surface area contributed by atoms with Crippen molar-refractivity contribution in [1.82, 2.24) is 0 Å². The third-order valence-electron chi connectivity index (χ3n) is 2.94. The Hall–Kier alpha value is -2.56. The van der Waals surface area contributed by atoms with Crippen LogP contribution in [0.1, 0.15) is 13.8 Å². The second-order valence-corrected chi connectivity index (χ2v) is 4.64. The Kier molecular flexibility index (Phi) is 5.36. The van der Waals surface area contributed by atoms with E-state index in [2.05, 4.69) is 5.32 Å². The summed E-state index contributed by atoms with van der Waals surface area (Å²) < 4.78 is 24.1. The van der Waals surface area contributed by atoms with Crippen molar-refractivity contribution >= 4 is 11.6 Å². The Morgan fingerprint density at radius 1 is 1.18 bits per heavy atom. The van der Waals surface area contributed by atoms with Gasteiger partial charge in [0.25, 0.3) is 5.91 Å². The minimum Gasteiger partial charge on any atom is -0.494 e. The SMILES string of the molecule is CCOc1ccc(NC(=O)[C@H](C)Oc2ccccc2F)cc1. The van der Waals surface area contributed by atoms with Crippen LogP contribution < -0.4 is 14.8 Å². The van der Waals surface area contributed by atoms with Crippen molar-refractivity contribution in [2.75, 3.05) is 11.9 Å². The smallest absolute Gasteiger partial charge is 0.265 e. The van der Waals surface area contributed by atoms with Crippen molar-refractivity contribution in [2.24, 2.45) is 0 Å². The first-order valence-electron chi connectivity index (χ1n) is 7.05. The highest BCUT2D eigenvalue weighted by Crippen LogP contribution is 2.19. The predicted octanol–water partition coefficient (Wildman–Crippen LogP) is 3.63. The van der Waals surface area contributed by atoms with Gasteiger partial charge in [-0.15, -0.1) is 0 Å². The molecular weight excluding hydrogens is 285 g/mol. The topological polar surface area (TPSA) is 47.6 Å². The lowest BCUT2D eigenvalue weighted by molar-refractivity contribution is -0.122. The molecule has 0 heterocycles. The molecule has 2 rings (SSSR count). The zero-order chi connectivity index (χ0) is 15.9. The van der Waals surface area contributed by atoms with E-state index in [0.29, 0.717) is 12.3 Å². The van der Waals surface area contributed by atoms with E-state index >= 15 is 0 Å². The van der Waals surface area contributed by atoms with Crippen LogP contribution in [-0.2, 0) is 4.79 Å². The fourth-order valence-electron chi connectivity index (χ4n) is 1.83. The van der Waals surface area contributed by atoms with Gasteiger partial charge in [0.15, 0.2) is 17.7 Å². The number of hydrogen-bond donors (Lipinski definition) is 1. The Bertz CT molecular complexity index is 628. The summed E-state index contributed by atoms with van der Waals surface area (Å²) in [6.07, 6.45) is -0.816. The molecule has 1 N–H and O–H groups in total. The number of carbonyl (C=O) groups is 1. The molecule has 0 aliphatic rings. The van der Waals surface area contributed by atoms with Crippen LogP contribution in [0.4, 0.5) is 10.1 Å². The van der Waals surface area contributed by atoms with E-state index in [1.807, 2.05) is 6.92 Å². The second-order valence-electron chi connectivity index (χ2n) is 4.64. The monoisotopic (exact) mass is 303 g/mol. The molecule has 0 fully saturated rings. The summed E-state index contributed by atoms with van der Waals surface area (Å²) in [7, 11) is 0. The average molecular weight is 303 g/mol. The van der Waals surface area contributed by atoms with Crippen LogP contribution in [-0.4, -0.2) is 18.6 Å². The molecular formula is C17H18FNO3. The first-order valence-corrected chi connectivity index (χ1v) is 7.05. The molecule has 0 saturated carbocycles. The average Bonchev–Trinajstić information content (AvgIpc) is 2.51. The van der Waals surface area contributed by atoms with Crippen molar-refractivity contribution in [3.05, 3.63) is 54.3 Å². The van der Waals surface area contributed by atoms with E-state index in [-0.39, 0.29) is 11.7 Å². The van der Waals surface area contributed by atoms with Gasteiger partial charge in [0.1, 0.15) is 5.75 Å². The van der Waals surface area contributed by atoms with Gasteiger partial charge in [0, 0.05) is 5.69 Å². The molecule has 1 amide bonds. The minimum atomic E-state index is -0.816. The van der Waals surface area contributed by atoms with Gasteiger partial charge in [-0.25, -0.2) is 4.39 Å². The number of benzene rings is 2. The van der Waals surface area contributed by atoms with Gasteiger partial charge < -0.3 is 14.8 Å². The minimum absolute atomic E-state index is 0.0526. The Balaban J connectivity index is 1.95. The first-order chi connectivity index (χ1) is 10.6. The molecule has 1 atom stereocenters. The van der Waals surface area contributed by atoms with Gasteiger partial charge in [0.2, 0.25) is 0 Å². The maximum atomic E-state index is 13.5. The molecule has 116 valence electrons. The number of rotatable bonds is 6. The standard InChI is InChI=1S/C17H18FNO3/c1-3-21-14-10-8-13(9-11-14)19-17(20)12(2)22-16-7-5-4-6-15(16)18/h4-12H,3H2,1-2H3,(H,19,20)/t12-/m0/s1. The molecule has 0 aliphatic heterocycles. The van der Waals surface area contributed by atoms with Crippen molar-refractivity contribution in [3.8, 4) is 11.5 Å². The van der Waals surface area contributed by atoms with Crippen molar-refractivity contribution < 1.29 is 18.7 Å². The van der Waals surface area contributed by atoms with Crippen molar-refractivity contribution in [2.45, 2.75) is 20.0 Å². The number of nitrogens with one attached hydrogen (secondary N) is 1. The summed E-state index contributed by atoms with van der Waals surface area (Å²) in [5.74, 6) is -0.0661. The van der Waals surface area contributed by atoms with Gasteiger partial charge in [-0.05, 0) is 50.2 Å². The van der Waals surface area contributed by atoms with Crippen molar-refractivity contribution in [3.63, 3.8) is 0 Å². The summed E-state index contributed by atoms with van der Waals surface area (Å²) >= 11 is 0. The molecule has 2 aromatic carbocycles. The van der Waals surface area contributed by atoms with Crippen LogP contribution in [0.5, 0.6) is 11.5 Å². The zero-order valence-electron chi connectivity index (χ0n) is 12.5. The van der Waals surface area contributed by atoms with Crippen LogP contribution in [0, 0.1) is 5.82 Å². The number of amides is 1. The Morgan fingerprint density at radius 2 is 1.86 bits per heavy atom. The molecule has 2 aromatic rings. The van der Waals surface area contributed by atoms with Gasteiger partial charge >= 0.3 is 0 Å². The molecule has 0 aromatic heterocycles. The number of carbonyl (C=O) groups excluding carboxylic acids is 1. The normalized spacial score (nSPS) is 11.6. The lowest BCUT2D eigenvalue weighted by Gasteiger charge is -2.15. The van der Waals surface area contributed by atoms with E-state index in [9.17, 15) is 9.18 Å². The largest absolute Gasteiger partial charge is 0.494 e. The quantitative estimate of drug-likeness (QED) is 0.886. The van der Waals surface area contributed by atoms with Crippen LogP contribution in [0.2, 0.25) is 0 Å². The third kappa shape index (κ3) is 4.22. The molecule has 0 spiro atoms. The van der Waals surface area contributed by atoms with Crippen molar-refractivity contribution in [1.29, 1.82) is 0 Å². The highest BCUT2D eigenvalue weighted by Gasteiger charge is 2.16. The highest BCUT2D eigenvalue weighted by molar-refractivity contribution is 5.94. The van der Waals surface area contributed by atoms with Crippen LogP contribution in [0.25, 0.3) is 0 Å². The number of anilines is 1. The van der Waals surface area contributed by atoms with Crippen LogP contribution in [0.15, 0.2) is 48.5 Å². The molecule has 22 heavy (non-hydrogen) atoms.